The first-order valence-electron chi connectivity index (χ1n) is 11.2. The molecule has 2 aromatic carbocycles. The van der Waals surface area contributed by atoms with Crippen LogP contribution in [0.1, 0.15) is 41.0 Å². The van der Waals surface area contributed by atoms with Gasteiger partial charge < -0.3 is 13.9 Å². The van der Waals surface area contributed by atoms with Gasteiger partial charge in [-0.15, -0.1) is 0 Å². The second-order valence-corrected chi connectivity index (χ2v) is 14.6. The molecule has 30 heavy (non-hydrogen) atoms. The first kappa shape index (κ1) is 21.8. The molecular weight excluding hydrogens is 388 g/mol. The quantitative estimate of drug-likeness (QED) is 0.644. The van der Waals surface area contributed by atoms with Crippen LogP contribution in [-0.4, -0.2) is 39.8 Å². The van der Waals surface area contributed by atoms with E-state index in [1.54, 1.807) is 0 Å². The van der Waals surface area contributed by atoms with Crippen LogP contribution in [0.5, 0.6) is 0 Å². The van der Waals surface area contributed by atoms with E-state index in [4.69, 9.17) is 13.9 Å². The van der Waals surface area contributed by atoms with E-state index >= 15 is 0 Å². The van der Waals surface area contributed by atoms with Crippen LogP contribution < -0.4 is 10.4 Å². The van der Waals surface area contributed by atoms with Crippen molar-refractivity contribution in [3.63, 3.8) is 0 Å². The topological polar surface area (TPSA) is 27.7 Å². The fourth-order valence-electron chi connectivity index (χ4n) is 6.26. The molecule has 1 unspecified atom stereocenters. The van der Waals surface area contributed by atoms with Crippen molar-refractivity contribution >= 4 is 18.7 Å². The summed E-state index contributed by atoms with van der Waals surface area (Å²) in [5.74, 6) is 1.03. The first-order valence-corrected chi connectivity index (χ1v) is 13.1. The number of rotatable bonds is 6. The van der Waals surface area contributed by atoms with Crippen LogP contribution >= 0.6 is 0 Å². The van der Waals surface area contributed by atoms with Gasteiger partial charge in [0.15, 0.2) is 0 Å². The summed E-state index contributed by atoms with van der Waals surface area (Å²) < 4.78 is 19.8. The van der Waals surface area contributed by atoms with E-state index in [1.165, 1.54) is 10.4 Å². The van der Waals surface area contributed by atoms with Gasteiger partial charge in [-0.3, -0.25) is 0 Å². The zero-order valence-corrected chi connectivity index (χ0v) is 20.2. The molecule has 0 spiro atoms. The molecule has 0 radical (unpaired) electrons. The van der Waals surface area contributed by atoms with Gasteiger partial charge in [0.1, 0.15) is 5.60 Å². The first-order chi connectivity index (χ1) is 14.2. The molecule has 1 heterocycles. The van der Waals surface area contributed by atoms with Crippen LogP contribution in [0.3, 0.4) is 0 Å². The third-order valence-corrected chi connectivity index (χ3v) is 12.3. The van der Waals surface area contributed by atoms with Crippen molar-refractivity contribution in [3.8, 4) is 0 Å². The summed E-state index contributed by atoms with van der Waals surface area (Å²) in [5.41, 5.74) is -0.356. The third-order valence-electron chi connectivity index (χ3n) is 7.36. The van der Waals surface area contributed by atoms with E-state index in [1.807, 2.05) is 7.11 Å². The van der Waals surface area contributed by atoms with Gasteiger partial charge in [0.2, 0.25) is 0 Å². The average molecular weight is 425 g/mol. The molecule has 0 amide bonds. The monoisotopic (exact) mass is 424 g/mol. The lowest BCUT2D eigenvalue weighted by molar-refractivity contribution is -0.121. The minimum absolute atomic E-state index is 0.0389. The summed E-state index contributed by atoms with van der Waals surface area (Å²) in [6, 6.07) is 21.7. The Balaban J connectivity index is 1.78. The van der Waals surface area contributed by atoms with E-state index < -0.39 is 8.32 Å². The average Bonchev–Trinajstić information content (AvgIpc) is 3.15. The Morgan fingerprint density at radius 2 is 1.50 bits per heavy atom. The largest absolute Gasteiger partial charge is 0.404 e. The predicted octanol–water partition coefficient (Wildman–Crippen LogP) is 4.39. The zero-order valence-electron chi connectivity index (χ0n) is 19.2. The van der Waals surface area contributed by atoms with Crippen molar-refractivity contribution in [2.24, 2.45) is 11.8 Å². The van der Waals surface area contributed by atoms with Crippen LogP contribution in [0.25, 0.3) is 0 Å². The fraction of sp³-hybridized carbons (Fsp3) is 0.538. The van der Waals surface area contributed by atoms with Crippen molar-refractivity contribution in [1.29, 1.82) is 0 Å². The highest BCUT2D eigenvalue weighted by molar-refractivity contribution is 6.99. The molecule has 3 nitrogen and oxygen atoms in total. The van der Waals surface area contributed by atoms with E-state index in [2.05, 4.69) is 95.3 Å². The van der Waals surface area contributed by atoms with Crippen LogP contribution in [-0.2, 0) is 13.9 Å². The van der Waals surface area contributed by atoms with Gasteiger partial charge in [0.05, 0.1) is 18.8 Å². The Bertz CT molecular complexity index is 794. The maximum Gasteiger partial charge on any atom is 0.261 e. The smallest absolute Gasteiger partial charge is 0.261 e. The predicted molar refractivity (Wildman–Crippen MR) is 125 cm³/mol. The zero-order chi connectivity index (χ0) is 21.6. The van der Waals surface area contributed by atoms with Gasteiger partial charge >= 0.3 is 0 Å². The molecule has 5 atom stereocenters. The van der Waals surface area contributed by atoms with E-state index in [-0.39, 0.29) is 22.8 Å². The number of benzene rings is 2. The number of hydrogen-bond acceptors (Lipinski definition) is 3. The number of methoxy groups -OCH3 is 1. The van der Waals surface area contributed by atoms with E-state index in [0.29, 0.717) is 18.4 Å². The van der Waals surface area contributed by atoms with Gasteiger partial charge in [0.25, 0.3) is 8.32 Å². The summed E-state index contributed by atoms with van der Waals surface area (Å²) in [6.07, 6.45) is 1.31. The fourth-order valence-corrected chi connectivity index (χ4v) is 10.9. The SMILES string of the molecule is CO[C@H]1[C@@H]2C(C)C[C@]1(CO[Si](c1ccccc1)(c1ccccc1)C(C)(C)C)O[C@H]2C. The Labute approximate surface area is 182 Å². The van der Waals surface area contributed by atoms with Crippen LogP contribution in [0.15, 0.2) is 60.7 Å². The minimum Gasteiger partial charge on any atom is -0.404 e. The lowest BCUT2D eigenvalue weighted by Gasteiger charge is -2.45. The summed E-state index contributed by atoms with van der Waals surface area (Å²) in [7, 11) is -0.755. The maximum atomic E-state index is 7.23. The van der Waals surface area contributed by atoms with Crippen LogP contribution in [0.4, 0.5) is 0 Å². The molecule has 1 aliphatic heterocycles. The molecule has 2 aromatic rings. The molecule has 0 aromatic heterocycles. The molecular formula is C26H36O3Si. The molecule has 2 aliphatic rings. The lowest BCUT2D eigenvalue weighted by Crippen LogP contribution is -2.68. The maximum absolute atomic E-state index is 7.23. The molecule has 162 valence electrons. The van der Waals surface area contributed by atoms with Crippen LogP contribution in [0.2, 0.25) is 5.04 Å². The van der Waals surface area contributed by atoms with Crippen molar-refractivity contribution in [2.45, 2.75) is 63.9 Å². The molecule has 1 saturated carbocycles. The molecule has 2 fully saturated rings. The van der Waals surface area contributed by atoms with E-state index in [0.717, 1.165) is 6.42 Å². The molecule has 0 N–H and O–H groups in total. The normalized spacial score (nSPS) is 31.3. The van der Waals surface area contributed by atoms with Gasteiger partial charge in [-0.25, -0.2) is 0 Å². The standard InChI is InChI=1S/C26H36O3Si/c1-19-17-26(24(27-6)23(19)20(2)29-26)18-28-30(25(3,4)5,21-13-9-7-10-14-21)22-15-11-8-12-16-22/h7-16,19-20,23-24H,17-18H2,1-6H3/t19?,20-,23+,24-,26+/m0/s1. The van der Waals surface area contributed by atoms with Crippen molar-refractivity contribution in [1.82, 2.24) is 0 Å². The second kappa shape index (κ2) is 7.90. The number of fused-ring (bicyclic) bond motifs is 2. The van der Waals surface area contributed by atoms with Gasteiger partial charge in [-0.2, -0.15) is 0 Å². The number of hydrogen-bond donors (Lipinski definition) is 0. The highest BCUT2D eigenvalue weighted by Crippen LogP contribution is 2.53. The van der Waals surface area contributed by atoms with Crippen molar-refractivity contribution in [3.05, 3.63) is 60.7 Å². The molecule has 2 bridgehead atoms. The van der Waals surface area contributed by atoms with Crippen molar-refractivity contribution in [2.75, 3.05) is 13.7 Å². The third kappa shape index (κ3) is 3.29. The molecule has 1 aliphatic carbocycles. The Hall–Kier alpha value is -1.46. The Kier molecular flexibility index (Phi) is 5.73. The molecule has 4 heteroatoms. The Morgan fingerprint density at radius 1 is 0.967 bits per heavy atom. The van der Waals surface area contributed by atoms with Gasteiger partial charge in [0, 0.05) is 13.0 Å². The molecule has 4 rings (SSSR count). The summed E-state index contributed by atoms with van der Waals surface area (Å²) in [6.45, 7) is 12.1. The highest BCUT2D eigenvalue weighted by Gasteiger charge is 2.63. The van der Waals surface area contributed by atoms with Gasteiger partial charge in [-0.1, -0.05) is 88.4 Å². The summed E-state index contributed by atoms with van der Waals surface area (Å²) in [5, 5.41) is 2.58. The summed E-state index contributed by atoms with van der Waals surface area (Å²) in [4.78, 5) is 0. The van der Waals surface area contributed by atoms with Gasteiger partial charge in [-0.05, 0) is 34.7 Å². The van der Waals surface area contributed by atoms with Crippen molar-refractivity contribution < 1.29 is 13.9 Å². The van der Waals surface area contributed by atoms with Crippen LogP contribution in [0, 0.1) is 11.8 Å². The highest BCUT2D eigenvalue weighted by atomic mass is 28.4. The lowest BCUT2D eigenvalue weighted by atomic mass is 9.92. The Morgan fingerprint density at radius 3 is 1.93 bits per heavy atom. The minimum atomic E-state index is -2.58. The molecule has 1 saturated heterocycles. The summed E-state index contributed by atoms with van der Waals surface area (Å²) >= 11 is 0. The number of ether oxygens (including phenoxy) is 2. The van der Waals surface area contributed by atoms with E-state index in [9.17, 15) is 0 Å². The second-order valence-electron chi connectivity index (χ2n) is 10.3.